The smallest absolute Gasteiger partial charge is 0.0901 e. The summed E-state index contributed by atoms with van der Waals surface area (Å²) in [5.74, 6) is 0. The minimum Gasteiger partial charge on any atom is -0.382 e. The second-order valence-corrected chi connectivity index (χ2v) is 6.31. The fourth-order valence-corrected chi connectivity index (χ4v) is 3.11. The predicted molar refractivity (Wildman–Crippen MR) is 89.5 cm³/mol. The molecule has 0 unspecified atom stereocenters. The topological polar surface area (TPSA) is 24.9 Å². The summed E-state index contributed by atoms with van der Waals surface area (Å²) >= 11 is 1.70. The SMILES string of the molecule is CCCC(CCC)Nc1cccc(-c2csc(C)n2)c1. The minimum atomic E-state index is 0.581. The van der Waals surface area contributed by atoms with Crippen LogP contribution < -0.4 is 5.32 Å². The molecule has 0 aliphatic carbocycles. The van der Waals surface area contributed by atoms with Crippen LogP contribution in [-0.4, -0.2) is 11.0 Å². The molecule has 1 aromatic carbocycles. The summed E-state index contributed by atoms with van der Waals surface area (Å²) in [6.07, 6.45) is 4.91. The number of thiazole rings is 1. The summed E-state index contributed by atoms with van der Waals surface area (Å²) in [4.78, 5) is 4.56. The van der Waals surface area contributed by atoms with Gasteiger partial charge in [-0.3, -0.25) is 0 Å². The van der Waals surface area contributed by atoms with Gasteiger partial charge in [0.15, 0.2) is 0 Å². The van der Waals surface area contributed by atoms with Crippen molar-refractivity contribution in [1.82, 2.24) is 4.98 Å². The lowest BCUT2D eigenvalue weighted by Gasteiger charge is -2.19. The standard InChI is InChI=1S/C17H24N2S/c1-4-7-15(8-5-2)19-16-10-6-9-14(11-16)17-12-20-13(3)18-17/h6,9-12,15,19H,4-5,7-8H2,1-3H3. The van der Waals surface area contributed by atoms with Gasteiger partial charge >= 0.3 is 0 Å². The van der Waals surface area contributed by atoms with Crippen LogP contribution in [-0.2, 0) is 0 Å². The first-order valence-corrected chi connectivity index (χ1v) is 8.40. The van der Waals surface area contributed by atoms with Crippen LogP contribution in [0.2, 0.25) is 0 Å². The lowest BCUT2D eigenvalue weighted by atomic mass is 10.1. The molecule has 0 saturated heterocycles. The average molecular weight is 288 g/mol. The van der Waals surface area contributed by atoms with E-state index in [4.69, 9.17) is 0 Å². The van der Waals surface area contributed by atoms with E-state index in [-0.39, 0.29) is 0 Å². The van der Waals surface area contributed by atoms with Gasteiger partial charge < -0.3 is 5.32 Å². The largest absolute Gasteiger partial charge is 0.382 e. The Morgan fingerprint density at radius 2 is 1.95 bits per heavy atom. The van der Waals surface area contributed by atoms with Gasteiger partial charge in [-0.15, -0.1) is 11.3 Å². The maximum absolute atomic E-state index is 4.56. The maximum atomic E-state index is 4.56. The molecule has 0 spiro atoms. The highest BCUT2D eigenvalue weighted by molar-refractivity contribution is 7.09. The highest BCUT2D eigenvalue weighted by Crippen LogP contribution is 2.25. The molecule has 1 heterocycles. The second kappa shape index (κ2) is 7.44. The zero-order chi connectivity index (χ0) is 14.4. The number of aryl methyl sites for hydroxylation is 1. The quantitative estimate of drug-likeness (QED) is 0.727. The molecule has 0 aliphatic rings. The van der Waals surface area contributed by atoms with E-state index in [1.54, 1.807) is 11.3 Å². The van der Waals surface area contributed by atoms with E-state index in [1.807, 2.05) is 0 Å². The summed E-state index contributed by atoms with van der Waals surface area (Å²) in [5, 5.41) is 6.92. The third-order valence-corrected chi connectivity index (χ3v) is 4.20. The van der Waals surface area contributed by atoms with E-state index < -0.39 is 0 Å². The van der Waals surface area contributed by atoms with Gasteiger partial charge in [-0.25, -0.2) is 4.98 Å². The van der Waals surface area contributed by atoms with Crippen LogP contribution in [0.15, 0.2) is 29.6 Å². The van der Waals surface area contributed by atoms with Crippen molar-refractivity contribution in [3.8, 4) is 11.3 Å². The maximum Gasteiger partial charge on any atom is 0.0901 e. The molecule has 3 heteroatoms. The van der Waals surface area contributed by atoms with Crippen molar-refractivity contribution in [1.29, 1.82) is 0 Å². The van der Waals surface area contributed by atoms with Gasteiger partial charge in [0.2, 0.25) is 0 Å². The number of benzene rings is 1. The molecule has 0 saturated carbocycles. The molecule has 0 amide bonds. The lowest BCUT2D eigenvalue weighted by molar-refractivity contribution is 0.586. The van der Waals surface area contributed by atoms with Gasteiger partial charge in [0.25, 0.3) is 0 Å². The number of anilines is 1. The van der Waals surface area contributed by atoms with E-state index in [9.17, 15) is 0 Å². The van der Waals surface area contributed by atoms with Gasteiger partial charge in [-0.05, 0) is 31.9 Å². The molecule has 0 fully saturated rings. The van der Waals surface area contributed by atoms with Crippen molar-refractivity contribution in [3.05, 3.63) is 34.7 Å². The molecule has 0 radical (unpaired) electrons. The molecule has 1 N–H and O–H groups in total. The number of aromatic nitrogens is 1. The van der Waals surface area contributed by atoms with Crippen molar-refractivity contribution in [2.75, 3.05) is 5.32 Å². The average Bonchev–Trinajstić information content (AvgIpc) is 2.86. The van der Waals surface area contributed by atoms with E-state index in [0.717, 1.165) is 10.7 Å². The summed E-state index contributed by atoms with van der Waals surface area (Å²) in [6.45, 7) is 6.55. The third kappa shape index (κ3) is 4.07. The van der Waals surface area contributed by atoms with E-state index >= 15 is 0 Å². The van der Waals surface area contributed by atoms with Crippen molar-refractivity contribution in [2.45, 2.75) is 52.5 Å². The summed E-state index contributed by atoms with van der Waals surface area (Å²) in [7, 11) is 0. The molecule has 1 aromatic heterocycles. The minimum absolute atomic E-state index is 0.581. The van der Waals surface area contributed by atoms with Crippen molar-refractivity contribution < 1.29 is 0 Å². The monoisotopic (exact) mass is 288 g/mol. The van der Waals surface area contributed by atoms with Gasteiger partial charge in [0.1, 0.15) is 0 Å². The molecule has 2 rings (SSSR count). The van der Waals surface area contributed by atoms with Crippen LogP contribution in [0.4, 0.5) is 5.69 Å². The molecular formula is C17H24N2S. The van der Waals surface area contributed by atoms with Crippen molar-refractivity contribution in [3.63, 3.8) is 0 Å². The number of nitrogens with one attached hydrogen (secondary N) is 1. The van der Waals surface area contributed by atoms with Crippen LogP contribution in [0.1, 0.15) is 44.5 Å². The third-order valence-electron chi connectivity index (χ3n) is 3.42. The molecule has 2 nitrogen and oxygen atoms in total. The second-order valence-electron chi connectivity index (χ2n) is 5.25. The van der Waals surface area contributed by atoms with Crippen LogP contribution in [0.3, 0.4) is 0 Å². The van der Waals surface area contributed by atoms with Crippen molar-refractivity contribution >= 4 is 17.0 Å². The molecular weight excluding hydrogens is 264 g/mol. The Kier molecular flexibility index (Phi) is 5.60. The predicted octanol–water partition coefficient (Wildman–Crippen LogP) is 5.50. The normalized spacial score (nSPS) is 11.0. The van der Waals surface area contributed by atoms with Crippen LogP contribution in [0.5, 0.6) is 0 Å². The van der Waals surface area contributed by atoms with Crippen molar-refractivity contribution in [2.24, 2.45) is 0 Å². The van der Waals surface area contributed by atoms with Crippen LogP contribution in [0, 0.1) is 6.92 Å². The van der Waals surface area contributed by atoms with Gasteiger partial charge in [-0.2, -0.15) is 0 Å². The van der Waals surface area contributed by atoms with E-state index in [1.165, 1.54) is 36.9 Å². The van der Waals surface area contributed by atoms with Crippen LogP contribution >= 0.6 is 11.3 Å². The van der Waals surface area contributed by atoms with Gasteiger partial charge in [0, 0.05) is 22.7 Å². The Morgan fingerprint density at radius 1 is 1.20 bits per heavy atom. The zero-order valence-corrected chi connectivity index (χ0v) is 13.5. The Balaban J connectivity index is 2.12. The molecule has 108 valence electrons. The first-order chi connectivity index (χ1) is 9.72. The lowest BCUT2D eigenvalue weighted by Crippen LogP contribution is -2.18. The van der Waals surface area contributed by atoms with Gasteiger partial charge in [-0.1, -0.05) is 38.8 Å². The zero-order valence-electron chi connectivity index (χ0n) is 12.6. The Bertz CT molecular complexity index is 527. The van der Waals surface area contributed by atoms with Crippen LogP contribution in [0.25, 0.3) is 11.3 Å². The Labute approximate surface area is 126 Å². The summed E-state index contributed by atoms with van der Waals surface area (Å²) < 4.78 is 0. The first kappa shape index (κ1) is 15.0. The molecule has 0 atom stereocenters. The fourth-order valence-electron chi connectivity index (χ4n) is 2.49. The molecule has 2 aromatic rings. The number of rotatable bonds is 7. The molecule has 0 bridgehead atoms. The first-order valence-electron chi connectivity index (χ1n) is 7.52. The highest BCUT2D eigenvalue weighted by Gasteiger charge is 2.08. The summed E-state index contributed by atoms with van der Waals surface area (Å²) in [6, 6.07) is 9.20. The number of hydrogen-bond acceptors (Lipinski definition) is 3. The molecule has 0 aliphatic heterocycles. The number of nitrogens with zero attached hydrogens (tertiary/aromatic N) is 1. The fraction of sp³-hybridized carbons (Fsp3) is 0.471. The van der Waals surface area contributed by atoms with Gasteiger partial charge in [0.05, 0.1) is 10.7 Å². The highest BCUT2D eigenvalue weighted by atomic mass is 32.1. The Hall–Kier alpha value is -1.35. The molecule has 20 heavy (non-hydrogen) atoms. The van der Waals surface area contributed by atoms with E-state index in [2.05, 4.69) is 60.7 Å². The number of hydrogen-bond donors (Lipinski definition) is 1. The Morgan fingerprint density at radius 3 is 2.55 bits per heavy atom. The summed E-state index contributed by atoms with van der Waals surface area (Å²) in [5.41, 5.74) is 3.49. The van der Waals surface area contributed by atoms with E-state index in [0.29, 0.717) is 6.04 Å².